The van der Waals surface area contributed by atoms with Crippen LogP contribution in [0.4, 0.5) is 0 Å². The van der Waals surface area contributed by atoms with E-state index in [1.165, 1.54) is 0 Å². The van der Waals surface area contributed by atoms with Crippen molar-refractivity contribution in [2.75, 3.05) is 13.7 Å². The fraction of sp³-hybridized carbons (Fsp3) is 0.120. The molecule has 3 rings (SSSR count). The van der Waals surface area contributed by atoms with Crippen LogP contribution < -0.4 is 0 Å². The molecular weight excluding hydrogens is 332 g/mol. The summed E-state index contributed by atoms with van der Waals surface area (Å²) in [6.45, 7) is 0.651. The lowest BCUT2D eigenvalue weighted by Crippen LogP contribution is -1.99. The van der Waals surface area contributed by atoms with Crippen molar-refractivity contribution in [2.24, 2.45) is 0 Å². The van der Waals surface area contributed by atoms with Gasteiger partial charge in [0, 0.05) is 18.2 Å². The third-order valence-electron chi connectivity index (χ3n) is 4.06. The molecule has 1 heterocycles. The lowest BCUT2D eigenvalue weighted by Gasteiger charge is -2.18. The Morgan fingerprint density at radius 1 is 0.778 bits per heavy atom. The topological polar surface area (TPSA) is 18.5 Å². The minimum Gasteiger partial charge on any atom is -0.456 e. The van der Waals surface area contributed by atoms with E-state index in [0.29, 0.717) is 6.61 Å². The molecule has 2 aromatic carbocycles. The highest BCUT2D eigenvalue weighted by molar-refractivity contribution is 5.77. The van der Waals surface area contributed by atoms with E-state index in [9.17, 15) is 0 Å². The van der Waals surface area contributed by atoms with Gasteiger partial charge >= 0.3 is 0 Å². The Labute approximate surface area is 161 Å². The average molecular weight is 356 g/mol. The predicted molar refractivity (Wildman–Crippen MR) is 113 cm³/mol. The normalized spacial score (nSPS) is 14.2. The second kappa shape index (κ2) is 10.1. The van der Waals surface area contributed by atoms with Crippen LogP contribution in [0, 0.1) is 0 Å². The molecule has 0 atom stereocenters. The summed E-state index contributed by atoms with van der Waals surface area (Å²) in [7, 11) is 1.70. The van der Waals surface area contributed by atoms with E-state index in [2.05, 4.69) is 60.7 Å². The van der Waals surface area contributed by atoms with Gasteiger partial charge in [0.25, 0.3) is 0 Å². The van der Waals surface area contributed by atoms with Crippen molar-refractivity contribution < 1.29 is 9.47 Å². The van der Waals surface area contributed by atoms with Crippen LogP contribution in [0.25, 0.3) is 11.5 Å². The molecule has 0 saturated heterocycles. The number of rotatable bonds is 7. The lowest BCUT2D eigenvalue weighted by atomic mass is 10.0. The molecule has 0 radical (unpaired) electrons. The van der Waals surface area contributed by atoms with E-state index in [0.717, 1.165) is 34.6 Å². The standard InChI is InChI=1S/C25H24O2/c1-26-18-12-4-2-3-7-13-21-19-24(22-14-8-5-9-15-22)27-25(20-21)23-16-10-6-11-17-23/h3-17,19-20H,2,18H2,1H3/b7-3+,12-4+. The third-order valence-corrected chi connectivity index (χ3v) is 4.06. The number of benzene rings is 2. The monoisotopic (exact) mass is 356 g/mol. The van der Waals surface area contributed by atoms with Gasteiger partial charge in [0.15, 0.2) is 0 Å². The number of hydrogen-bond acceptors (Lipinski definition) is 2. The maximum atomic E-state index is 6.19. The minimum absolute atomic E-state index is 0.651. The average Bonchev–Trinajstić information content (AvgIpc) is 2.74. The van der Waals surface area contributed by atoms with E-state index in [1.54, 1.807) is 7.11 Å². The van der Waals surface area contributed by atoms with Gasteiger partial charge in [-0.2, -0.15) is 0 Å². The quantitative estimate of drug-likeness (QED) is 0.552. The minimum atomic E-state index is 0.651. The molecule has 2 aromatic rings. The summed E-state index contributed by atoms with van der Waals surface area (Å²) in [6.07, 6.45) is 15.5. The first-order valence-corrected chi connectivity index (χ1v) is 9.09. The second-order valence-corrected chi connectivity index (χ2v) is 6.11. The van der Waals surface area contributed by atoms with Crippen molar-refractivity contribution in [3.63, 3.8) is 0 Å². The molecule has 2 nitrogen and oxygen atoms in total. The first-order chi connectivity index (χ1) is 13.4. The van der Waals surface area contributed by atoms with Crippen molar-refractivity contribution in [2.45, 2.75) is 6.42 Å². The Morgan fingerprint density at radius 3 is 1.93 bits per heavy atom. The zero-order chi connectivity index (χ0) is 18.7. The summed E-state index contributed by atoms with van der Waals surface area (Å²) in [4.78, 5) is 0. The van der Waals surface area contributed by atoms with Gasteiger partial charge in [-0.25, -0.2) is 0 Å². The largest absolute Gasteiger partial charge is 0.456 e. The molecule has 1 aliphatic rings. The van der Waals surface area contributed by atoms with Crippen LogP contribution in [-0.4, -0.2) is 13.7 Å². The highest BCUT2D eigenvalue weighted by Gasteiger charge is 2.14. The van der Waals surface area contributed by atoms with Gasteiger partial charge in [-0.15, -0.1) is 0 Å². The van der Waals surface area contributed by atoms with E-state index in [1.807, 2.05) is 42.5 Å². The Morgan fingerprint density at radius 2 is 1.37 bits per heavy atom. The van der Waals surface area contributed by atoms with Crippen molar-refractivity contribution in [3.05, 3.63) is 120 Å². The molecule has 0 amide bonds. The van der Waals surface area contributed by atoms with Crippen LogP contribution in [0.1, 0.15) is 17.5 Å². The zero-order valence-electron chi connectivity index (χ0n) is 15.5. The summed E-state index contributed by atoms with van der Waals surface area (Å²) in [5, 5.41) is 0. The van der Waals surface area contributed by atoms with Crippen LogP contribution in [0.5, 0.6) is 0 Å². The van der Waals surface area contributed by atoms with Crippen molar-refractivity contribution in [3.8, 4) is 0 Å². The first kappa shape index (κ1) is 18.7. The molecule has 27 heavy (non-hydrogen) atoms. The molecule has 136 valence electrons. The zero-order valence-corrected chi connectivity index (χ0v) is 15.5. The van der Waals surface area contributed by atoms with Gasteiger partial charge in [0.1, 0.15) is 11.5 Å². The van der Waals surface area contributed by atoms with Crippen molar-refractivity contribution >= 4 is 11.5 Å². The Kier molecular flexibility index (Phi) is 7.02. The molecule has 2 heteroatoms. The highest BCUT2D eigenvalue weighted by atomic mass is 16.5. The SMILES string of the molecule is COC/C=C/C/C=C/C=C1C=C(c2ccccc2)OC(c2ccccc2)=C1. The van der Waals surface area contributed by atoms with E-state index in [4.69, 9.17) is 9.47 Å². The van der Waals surface area contributed by atoms with E-state index in [-0.39, 0.29) is 0 Å². The van der Waals surface area contributed by atoms with Gasteiger partial charge in [-0.3, -0.25) is 0 Å². The van der Waals surface area contributed by atoms with Gasteiger partial charge in [-0.05, 0) is 24.1 Å². The Bertz CT molecular complexity index is 812. The van der Waals surface area contributed by atoms with Gasteiger partial charge in [-0.1, -0.05) is 91.0 Å². The molecule has 0 unspecified atom stereocenters. The lowest BCUT2D eigenvalue weighted by molar-refractivity contribution is 0.233. The summed E-state index contributed by atoms with van der Waals surface area (Å²) >= 11 is 0. The van der Waals surface area contributed by atoms with Crippen LogP contribution in [0.3, 0.4) is 0 Å². The van der Waals surface area contributed by atoms with Gasteiger partial charge < -0.3 is 9.47 Å². The van der Waals surface area contributed by atoms with Gasteiger partial charge in [0.2, 0.25) is 0 Å². The third kappa shape index (κ3) is 5.70. The number of hydrogen-bond donors (Lipinski definition) is 0. The fourth-order valence-electron chi connectivity index (χ4n) is 2.70. The molecule has 0 N–H and O–H groups in total. The van der Waals surface area contributed by atoms with E-state index >= 15 is 0 Å². The summed E-state index contributed by atoms with van der Waals surface area (Å²) in [5.74, 6) is 1.72. The number of methoxy groups -OCH3 is 1. The van der Waals surface area contributed by atoms with Crippen molar-refractivity contribution in [1.82, 2.24) is 0 Å². The first-order valence-electron chi connectivity index (χ1n) is 9.09. The van der Waals surface area contributed by atoms with Crippen LogP contribution >= 0.6 is 0 Å². The number of allylic oxidation sites excluding steroid dienone is 7. The van der Waals surface area contributed by atoms with Crippen LogP contribution in [-0.2, 0) is 9.47 Å². The molecule has 0 aromatic heterocycles. The molecule has 0 fully saturated rings. The Balaban J connectivity index is 1.82. The van der Waals surface area contributed by atoms with Crippen molar-refractivity contribution in [1.29, 1.82) is 0 Å². The maximum Gasteiger partial charge on any atom is 0.135 e. The second-order valence-electron chi connectivity index (χ2n) is 6.11. The smallest absolute Gasteiger partial charge is 0.135 e. The fourth-order valence-corrected chi connectivity index (χ4v) is 2.70. The molecule has 0 spiro atoms. The molecular formula is C25H24O2. The van der Waals surface area contributed by atoms with Crippen LogP contribution in [0.2, 0.25) is 0 Å². The van der Waals surface area contributed by atoms with Crippen LogP contribution in [0.15, 0.2) is 109 Å². The van der Waals surface area contributed by atoms with Gasteiger partial charge in [0.05, 0.1) is 6.61 Å². The summed E-state index contributed by atoms with van der Waals surface area (Å²) in [6, 6.07) is 20.4. The highest BCUT2D eigenvalue weighted by Crippen LogP contribution is 2.31. The molecule has 1 aliphatic heterocycles. The summed E-state index contributed by atoms with van der Waals surface area (Å²) < 4.78 is 11.2. The Hall–Kier alpha value is -3.10. The molecule has 0 saturated carbocycles. The number of ether oxygens (including phenoxy) is 2. The maximum absolute atomic E-state index is 6.19. The van der Waals surface area contributed by atoms with E-state index < -0.39 is 0 Å². The molecule has 0 bridgehead atoms. The predicted octanol–water partition coefficient (Wildman–Crippen LogP) is 6.17. The molecule has 0 aliphatic carbocycles. The summed E-state index contributed by atoms with van der Waals surface area (Å²) in [5.41, 5.74) is 3.24.